The van der Waals surface area contributed by atoms with Crippen molar-refractivity contribution in [1.82, 2.24) is 4.98 Å². The molecule has 0 radical (unpaired) electrons. The minimum atomic E-state index is -0.406. The topological polar surface area (TPSA) is 101 Å². The number of thiazole rings is 1. The summed E-state index contributed by atoms with van der Waals surface area (Å²) in [5, 5.41) is 13.5. The molecule has 23 heavy (non-hydrogen) atoms. The van der Waals surface area contributed by atoms with Crippen LogP contribution in [0, 0.1) is 11.3 Å². The van der Waals surface area contributed by atoms with Gasteiger partial charge in [-0.25, -0.2) is 4.98 Å². The molecule has 2 rings (SSSR count). The molecule has 8 heteroatoms. The van der Waals surface area contributed by atoms with E-state index >= 15 is 0 Å². The first-order valence-corrected chi connectivity index (χ1v) is 7.43. The maximum Gasteiger partial charge on any atom is 0.311 e. The van der Waals surface area contributed by atoms with Crippen LogP contribution >= 0.6 is 11.3 Å². The number of nitriles is 1. The molecule has 0 fully saturated rings. The summed E-state index contributed by atoms with van der Waals surface area (Å²) in [5.41, 5.74) is 0.878. The van der Waals surface area contributed by atoms with E-state index in [0.29, 0.717) is 22.1 Å². The number of amides is 1. The second-order valence-corrected chi connectivity index (χ2v) is 5.20. The van der Waals surface area contributed by atoms with E-state index in [1.807, 2.05) is 6.07 Å². The smallest absolute Gasteiger partial charge is 0.311 e. The van der Waals surface area contributed by atoms with Crippen LogP contribution in [-0.4, -0.2) is 30.6 Å². The van der Waals surface area contributed by atoms with Crippen LogP contribution in [-0.2, 0) is 20.7 Å². The second-order valence-electron chi connectivity index (χ2n) is 4.34. The van der Waals surface area contributed by atoms with Crippen molar-refractivity contribution >= 4 is 28.3 Å². The van der Waals surface area contributed by atoms with Gasteiger partial charge in [-0.05, 0) is 12.1 Å². The van der Waals surface area contributed by atoms with Crippen molar-refractivity contribution in [1.29, 1.82) is 5.26 Å². The average Bonchev–Trinajstić information content (AvgIpc) is 2.99. The Morgan fingerprint density at radius 3 is 2.91 bits per heavy atom. The average molecular weight is 331 g/mol. The van der Waals surface area contributed by atoms with Crippen molar-refractivity contribution < 1.29 is 19.1 Å². The summed E-state index contributed by atoms with van der Waals surface area (Å²) < 4.78 is 9.86. The fraction of sp³-hybridized carbons (Fsp3) is 0.200. The van der Waals surface area contributed by atoms with Gasteiger partial charge in [0.25, 0.3) is 5.91 Å². The van der Waals surface area contributed by atoms with Gasteiger partial charge in [-0.3, -0.25) is 14.9 Å². The van der Waals surface area contributed by atoms with Gasteiger partial charge < -0.3 is 9.47 Å². The fourth-order valence-electron chi connectivity index (χ4n) is 1.65. The highest BCUT2D eigenvalue weighted by atomic mass is 32.1. The fourth-order valence-corrected chi connectivity index (χ4v) is 2.38. The van der Waals surface area contributed by atoms with Gasteiger partial charge in [-0.1, -0.05) is 12.1 Å². The maximum absolute atomic E-state index is 11.8. The molecular formula is C15H13N3O4S. The van der Waals surface area contributed by atoms with Crippen LogP contribution in [0.25, 0.3) is 0 Å². The quantitative estimate of drug-likeness (QED) is 0.809. The van der Waals surface area contributed by atoms with Gasteiger partial charge in [-0.2, -0.15) is 5.26 Å². The SMILES string of the molecule is COC(=O)Cc1csc(NC(=O)COc2ccccc2C#N)n1. The van der Waals surface area contributed by atoms with Gasteiger partial charge >= 0.3 is 5.97 Å². The lowest BCUT2D eigenvalue weighted by molar-refractivity contribution is -0.139. The summed E-state index contributed by atoms with van der Waals surface area (Å²) in [4.78, 5) is 27.1. The normalized spacial score (nSPS) is 9.74. The number of nitrogens with one attached hydrogen (secondary N) is 1. The van der Waals surface area contributed by atoms with E-state index in [-0.39, 0.29) is 13.0 Å². The maximum atomic E-state index is 11.8. The molecule has 1 heterocycles. The highest BCUT2D eigenvalue weighted by Gasteiger charge is 2.11. The van der Waals surface area contributed by atoms with E-state index in [1.165, 1.54) is 18.4 Å². The molecule has 0 spiro atoms. The first-order chi connectivity index (χ1) is 11.1. The monoisotopic (exact) mass is 331 g/mol. The molecular weight excluding hydrogens is 318 g/mol. The number of para-hydroxylation sites is 1. The third-order valence-electron chi connectivity index (χ3n) is 2.72. The number of aromatic nitrogens is 1. The number of anilines is 1. The first-order valence-electron chi connectivity index (χ1n) is 6.55. The summed E-state index contributed by atoms with van der Waals surface area (Å²) in [5.74, 6) is -0.461. The Labute approximate surface area is 136 Å². The van der Waals surface area contributed by atoms with Crippen LogP contribution in [0.5, 0.6) is 5.75 Å². The van der Waals surface area contributed by atoms with Crippen molar-refractivity contribution in [3.8, 4) is 11.8 Å². The third kappa shape index (κ3) is 4.79. The number of carbonyl (C=O) groups is 2. The molecule has 118 valence electrons. The zero-order valence-corrected chi connectivity index (χ0v) is 13.1. The van der Waals surface area contributed by atoms with Gasteiger partial charge in [0.1, 0.15) is 11.8 Å². The van der Waals surface area contributed by atoms with Crippen molar-refractivity contribution in [3.63, 3.8) is 0 Å². The van der Waals surface area contributed by atoms with Crippen LogP contribution in [0.2, 0.25) is 0 Å². The van der Waals surface area contributed by atoms with E-state index in [4.69, 9.17) is 10.00 Å². The molecule has 1 N–H and O–H groups in total. The molecule has 0 aliphatic rings. The number of nitrogens with zero attached hydrogens (tertiary/aromatic N) is 2. The molecule has 0 saturated carbocycles. The predicted molar refractivity (Wildman–Crippen MR) is 83.1 cm³/mol. The minimum absolute atomic E-state index is 0.0505. The Hall–Kier alpha value is -2.92. The highest BCUT2D eigenvalue weighted by Crippen LogP contribution is 2.18. The van der Waals surface area contributed by atoms with E-state index < -0.39 is 11.9 Å². The lowest BCUT2D eigenvalue weighted by Gasteiger charge is -2.06. The minimum Gasteiger partial charge on any atom is -0.482 e. The van der Waals surface area contributed by atoms with Gasteiger partial charge in [-0.15, -0.1) is 11.3 Å². The number of esters is 1. The number of hydrogen-bond donors (Lipinski definition) is 1. The van der Waals surface area contributed by atoms with Crippen LogP contribution < -0.4 is 10.1 Å². The molecule has 0 atom stereocenters. The molecule has 0 aliphatic carbocycles. The summed E-state index contributed by atoms with van der Waals surface area (Å²) in [6.45, 7) is -0.245. The van der Waals surface area contributed by atoms with Crippen molar-refractivity contribution in [2.24, 2.45) is 0 Å². The van der Waals surface area contributed by atoms with Crippen LogP contribution in [0.15, 0.2) is 29.6 Å². The van der Waals surface area contributed by atoms with Gasteiger partial charge in [0, 0.05) is 5.38 Å². The zero-order valence-electron chi connectivity index (χ0n) is 12.2. The summed E-state index contributed by atoms with van der Waals surface area (Å²) in [7, 11) is 1.30. The molecule has 1 aromatic heterocycles. The van der Waals surface area contributed by atoms with Crippen molar-refractivity contribution in [3.05, 3.63) is 40.9 Å². The summed E-state index contributed by atoms with van der Waals surface area (Å²) in [6, 6.07) is 8.63. The van der Waals surface area contributed by atoms with Crippen LogP contribution in [0.4, 0.5) is 5.13 Å². The van der Waals surface area contributed by atoms with E-state index in [0.717, 1.165) is 0 Å². The zero-order chi connectivity index (χ0) is 16.7. The second kappa shape index (κ2) is 7.91. The molecule has 0 aliphatic heterocycles. The number of carbonyl (C=O) groups excluding carboxylic acids is 2. The third-order valence-corrected chi connectivity index (χ3v) is 3.52. The summed E-state index contributed by atoms with van der Waals surface area (Å²) >= 11 is 1.20. The lowest BCUT2D eigenvalue weighted by Crippen LogP contribution is -2.20. The van der Waals surface area contributed by atoms with E-state index in [2.05, 4.69) is 15.0 Å². The molecule has 2 aromatic rings. The predicted octanol–water partition coefficient (Wildman–Crippen LogP) is 1.75. The highest BCUT2D eigenvalue weighted by molar-refractivity contribution is 7.13. The standard InChI is InChI=1S/C15H13N3O4S/c1-21-14(20)6-11-9-23-15(17-11)18-13(19)8-22-12-5-3-2-4-10(12)7-16/h2-5,9H,6,8H2,1H3,(H,17,18,19). The molecule has 7 nitrogen and oxygen atoms in total. The van der Waals surface area contributed by atoms with Gasteiger partial charge in [0.15, 0.2) is 11.7 Å². The number of rotatable bonds is 6. The van der Waals surface area contributed by atoms with Crippen LogP contribution in [0.3, 0.4) is 0 Å². The number of hydrogen-bond acceptors (Lipinski definition) is 7. The van der Waals surface area contributed by atoms with Crippen LogP contribution in [0.1, 0.15) is 11.3 Å². The Kier molecular flexibility index (Phi) is 5.66. The van der Waals surface area contributed by atoms with E-state index in [9.17, 15) is 9.59 Å². The van der Waals surface area contributed by atoms with Gasteiger partial charge in [0.2, 0.25) is 0 Å². The first kappa shape index (κ1) is 16.5. The van der Waals surface area contributed by atoms with Crippen molar-refractivity contribution in [2.75, 3.05) is 19.0 Å². The lowest BCUT2D eigenvalue weighted by atomic mass is 10.2. The molecule has 0 unspecified atom stereocenters. The molecule has 0 saturated heterocycles. The molecule has 0 bridgehead atoms. The molecule has 1 amide bonds. The van der Waals surface area contributed by atoms with Crippen molar-refractivity contribution in [2.45, 2.75) is 6.42 Å². The Morgan fingerprint density at radius 1 is 1.39 bits per heavy atom. The number of ether oxygens (including phenoxy) is 2. The Morgan fingerprint density at radius 2 is 2.17 bits per heavy atom. The Balaban J connectivity index is 1.88. The van der Waals surface area contributed by atoms with E-state index in [1.54, 1.807) is 29.6 Å². The Bertz CT molecular complexity index is 751. The largest absolute Gasteiger partial charge is 0.482 e. The molecule has 1 aromatic carbocycles. The summed E-state index contributed by atoms with van der Waals surface area (Å²) in [6.07, 6.45) is 0.0505. The van der Waals surface area contributed by atoms with Gasteiger partial charge in [0.05, 0.1) is 24.8 Å². The number of methoxy groups -OCH3 is 1. The number of benzene rings is 1.